The van der Waals surface area contributed by atoms with E-state index in [4.69, 9.17) is 5.73 Å². The monoisotopic (exact) mass is 362 g/mol. The number of benzene rings is 2. The Hall–Kier alpha value is -1.91. The van der Waals surface area contributed by atoms with Crippen molar-refractivity contribution in [3.8, 4) is 0 Å². The summed E-state index contributed by atoms with van der Waals surface area (Å²) in [6.07, 6.45) is 3.55. The maximum atomic E-state index is 13.7. The highest BCUT2D eigenvalue weighted by atomic mass is 35.5. The predicted molar refractivity (Wildman–Crippen MR) is 100 cm³/mol. The summed E-state index contributed by atoms with van der Waals surface area (Å²) in [5.41, 5.74) is 7.69. The molecule has 1 saturated carbocycles. The summed E-state index contributed by atoms with van der Waals surface area (Å²) in [5.74, 6) is -0.362. The lowest BCUT2D eigenvalue weighted by Crippen LogP contribution is -2.39. The van der Waals surface area contributed by atoms with E-state index in [9.17, 15) is 9.18 Å². The van der Waals surface area contributed by atoms with Crippen molar-refractivity contribution in [2.45, 2.75) is 37.8 Å². The Bertz CT molecular complexity index is 695. The van der Waals surface area contributed by atoms with Crippen molar-refractivity contribution < 1.29 is 9.18 Å². The van der Waals surface area contributed by atoms with Crippen molar-refractivity contribution in [1.82, 2.24) is 5.32 Å². The fourth-order valence-electron chi connectivity index (χ4n) is 3.42. The highest BCUT2D eigenvalue weighted by Crippen LogP contribution is 2.27. The Morgan fingerprint density at radius 2 is 1.80 bits per heavy atom. The lowest BCUT2D eigenvalue weighted by molar-refractivity contribution is -0.126. The summed E-state index contributed by atoms with van der Waals surface area (Å²) < 4.78 is 13.7. The predicted octanol–water partition coefficient (Wildman–Crippen LogP) is 3.97. The van der Waals surface area contributed by atoms with E-state index >= 15 is 0 Å². The van der Waals surface area contributed by atoms with Crippen LogP contribution in [0, 0.1) is 11.7 Å². The van der Waals surface area contributed by atoms with Gasteiger partial charge in [0, 0.05) is 12.0 Å². The summed E-state index contributed by atoms with van der Waals surface area (Å²) in [6, 6.07) is 15.8. The van der Waals surface area contributed by atoms with Gasteiger partial charge in [-0.15, -0.1) is 12.4 Å². The van der Waals surface area contributed by atoms with Crippen LogP contribution >= 0.6 is 12.4 Å². The number of carbonyl (C=O) groups excluding carboxylic acids is 1. The van der Waals surface area contributed by atoms with Gasteiger partial charge in [0.2, 0.25) is 5.91 Å². The van der Waals surface area contributed by atoms with Gasteiger partial charge in [-0.3, -0.25) is 4.79 Å². The summed E-state index contributed by atoms with van der Waals surface area (Å²) in [5, 5.41) is 3.11. The van der Waals surface area contributed by atoms with E-state index in [2.05, 4.69) is 5.32 Å². The minimum Gasteiger partial charge on any atom is -0.345 e. The second-order valence-electron chi connectivity index (χ2n) is 6.53. The van der Waals surface area contributed by atoms with E-state index in [1.54, 1.807) is 6.07 Å². The van der Waals surface area contributed by atoms with Crippen molar-refractivity contribution in [3.63, 3.8) is 0 Å². The van der Waals surface area contributed by atoms with Gasteiger partial charge < -0.3 is 11.1 Å². The second kappa shape index (κ2) is 8.97. The molecule has 0 aromatic heterocycles. The number of halogens is 2. The third-order valence-corrected chi connectivity index (χ3v) is 4.69. The van der Waals surface area contributed by atoms with Crippen LogP contribution in [0.15, 0.2) is 54.6 Å². The van der Waals surface area contributed by atoms with Crippen molar-refractivity contribution >= 4 is 18.3 Å². The number of hydrogen-bond donors (Lipinski definition) is 2. The molecule has 1 aliphatic rings. The van der Waals surface area contributed by atoms with Gasteiger partial charge in [0.15, 0.2) is 0 Å². The maximum Gasteiger partial charge on any atom is 0.223 e. The van der Waals surface area contributed by atoms with Crippen molar-refractivity contribution in [3.05, 3.63) is 71.5 Å². The molecular weight excluding hydrogens is 339 g/mol. The molecule has 0 heterocycles. The average Bonchev–Trinajstić information content (AvgIpc) is 2.60. The molecule has 0 radical (unpaired) electrons. The summed E-state index contributed by atoms with van der Waals surface area (Å²) in [4.78, 5) is 12.7. The zero-order valence-electron chi connectivity index (χ0n) is 14.0. The number of nitrogens with two attached hydrogens (primary N) is 1. The molecule has 0 spiro atoms. The molecule has 2 aromatic carbocycles. The molecule has 3 rings (SSSR count). The smallest absolute Gasteiger partial charge is 0.223 e. The fraction of sp³-hybridized carbons (Fsp3) is 0.350. The van der Waals surface area contributed by atoms with Crippen LogP contribution in [0.3, 0.4) is 0 Å². The van der Waals surface area contributed by atoms with Crippen molar-refractivity contribution in [2.75, 3.05) is 0 Å². The van der Waals surface area contributed by atoms with Gasteiger partial charge in [-0.25, -0.2) is 4.39 Å². The molecule has 1 fully saturated rings. The molecular formula is C20H24ClFN2O. The number of hydrogen-bond acceptors (Lipinski definition) is 2. The van der Waals surface area contributed by atoms with Crippen LogP contribution in [0.5, 0.6) is 0 Å². The van der Waals surface area contributed by atoms with Gasteiger partial charge in [-0.05, 0) is 42.5 Å². The number of nitrogens with one attached hydrogen (secondary N) is 1. The van der Waals surface area contributed by atoms with Crippen LogP contribution in [0.25, 0.3) is 0 Å². The third kappa shape index (κ3) is 5.03. The Morgan fingerprint density at radius 1 is 1.08 bits per heavy atom. The first-order chi connectivity index (χ1) is 11.6. The number of rotatable bonds is 4. The van der Waals surface area contributed by atoms with Crippen molar-refractivity contribution in [1.29, 1.82) is 0 Å². The van der Waals surface area contributed by atoms with E-state index in [0.29, 0.717) is 0 Å². The molecule has 0 aliphatic heterocycles. The van der Waals surface area contributed by atoms with Gasteiger partial charge >= 0.3 is 0 Å². The summed E-state index contributed by atoms with van der Waals surface area (Å²) in [7, 11) is 0. The van der Waals surface area contributed by atoms with Crippen LogP contribution in [-0.2, 0) is 4.79 Å². The lowest BCUT2D eigenvalue weighted by atomic mass is 9.85. The average molecular weight is 363 g/mol. The Morgan fingerprint density at radius 3 is 2.48 bits per heavy atom. The van der Waals surface area contributed by atoms with Gasteiger partial charge in [-0.2, -0.15) is 0 Å². The van der Waals surface area contributed by atoms with Crippen LogP contribution in [-0.4, -0.2) is 11.9 Å². The Balaban J connectivity index is 0.00000225. The number of carbonyl (C=O) groups is 1. The molecule has 3 N–H and O–H groups in total. The Labute approximate surface area is 154 Å². The van der Waals surface area contributed by atoms with Gasteiger partial charge in [0.25, 0.3) is 0 Å². The molecule has 5 heteroatoms. The second-order valence-corrected chi connectivity index (χ2v) is 6.53. The van der Waals surface area contributed by atoms with E-state index in [-0.39, 0.29) is 42.1 Å². The topological polar surface area (TPSA) is 55.1 Å². The molecule has 0 bridgehead atoms. The number of amides is 1. The standard InChI is InChI=1S/C20H23FN2O.ClH/c21-17-10-4-8-15(12-17)19(14-6-2-1-3-7-14)23-20(24)16-9-5-11-18(22)13-16;/h1-4,6-8,10,12,16,18-19H,5,9,11,13,22H2,(H,23,24);1H. The first-order valence-electron chi connectivity index (χ1n) is 8.50. The highest BCUT2D eigenvalue weighted by Gasteiger charge is 2.27. The van der Waals surface area contributed by atoms with E-state index < -0.39 is 0 Å². The van der Waals surface area contributed by atoms with Crippen LogP contribution in [0.4, 0.5) is 4.39 Å². The van der Waals surface area contributed by atoms with Crippen LogP contribution < -0.4 is 11.1 Å². The van der Waals surface area contributed by atoms with E-state index in [0.717, 1.165) is 36.8 Å². The van der Waals surface area contributed by atoms with E-state index in [1.165, 1.54) is 12.1 Å². The molecule has 3 nitrogen and oxygen atoms in total. The van der Waals surface area contributed by atoms with E-state index in [1.807, 2.05) is 36.4 Å². The molecule has 3 atom stereocenters. The highest BCUT2D eigenvalue weighted by molar-refractivity contribution is 5.85. The maximum absolute atomic E-state index is 13.7. The molecule has 134 valence electrons. The lowest BCUT2D eigenvalue weighted by Gasteiger charge is -2.28. The molecule has 3 unspecified atom stereocenters. The largest absolute Gasteiger partial charge is 0.345 e. The first kappa shape index (κ1) is 19.4. The Kier molecular flexibility index (Phi) is 6.97. The third-order valence-electron chi connectivity index (χ3n) is 4.69. The zero-order valence-corrected chi connectivity index (χ0v) is 14.8. The van der Waals surface area contributed by atoms with Crippen molar-refractivity contribution in [2.24, 2.45) is 11.7 Å². The summed E-state index contributed by atoms with van der Waals surface area (Å²) in [6.45, 7) is 0. The molecule has 25 heavy (non-hydrogen) atoms. The minimum absolute atomic E-state index is 0. The summed E-state index contributed by atoms with van der Waals surface area (Å²) >= 11 is 0. The SMILES string of the molecule is Cl.NC1CCCC(C(=O)NC(c2ccccc2)c2cccc(F)c2)C1. The molecule has 0 saturated heterocycles. The fourth-order valence-corrected chi connectivity index (χ4v) is 3.42. The molecule has 1 aliphatic carbocycles. The van der Waals surface area contributed by atoms with Gasteiger partial charge in [-0.1, -0.05) is 48.9 Å². The minimum atomic E-state index is -0.354. The van der Waals surface area contributed by atoms with Gasteiger partial charge in [0.1, 0.15) is 5.82 Å². The van der Waals surface area contributed by atoms with Crippen LogP contribution in [0.2, 0.25) is 0 Å². The van der Waals surface area contributed by atoms with Gasteiger partial charge in [0.05, 0.1) is 6.04 Å². The first-order valence-corrected chi connectivity index (χ1v) is 8.50. The quantitative estimate of drug-likeness (QED) is 0.864. The molecule has 2 aromatic rings. The van der Waals surface area contributed by atoms with Crippen LogP contribution in [0.1, 0.15) is 42.9 Å². The normalized spacial score (nSPS) is 21.0. The molecule has 1 amide bonds. The zero-order chi connectivity index (χ0) is 16.9.